The molecule has 1 aliphatic heterocycles. The van der Waals surface area contributed by atoms with Gasteiger partial charge in [-0.3, -0.25) is 0 Å². The maximum Gasteiger partial charge on any atom is 0.0700 e. The molecule has 0 radical (unpaired) electrons. The summed E-state index contributed by atoms with van der Waals surface area (Å²) in [7, 11) is 0. The van der Waals surface area contributed by atoms with E-state index in [4.69, 9.17) is 4.74 Å². The standard InChI is InChI=1S/C11H23NOS/c1-9-10(5-7-13-9)12-6-8-14-11(2,3)4/h9-10,12H,5-8H2,1-4H3/t9-,10-/m0/s1. The second-order valence-electron chi connectivity index (χ2n) is 4.89. The first kappa shape index (κ1) is 12.3. The second-order valence-corrected chi connectivity index (χ2v) is 6.81. The van der Waals surface area contributed by atoms with Crippen molar-refractivity contribution in [2.75, 3.05) is 18.9 Å². The van der Waals surface area contributed by atoms with Gasteiger partial charge in [0.15, 0.2) is 0 Å². The Morgan fingerprint density at radius 1 is 1.43 bits per heavy atom. The Bertz CT molecular complexity index is 167. The summed E-state index contributed by atoms with van der Waals surface area (Å²) in [4.78, 5) is 0. The molecule has 1 saturated heterocycles. The fourth-order valence-electron chi connectivity index (χ4n) is 1.60. The Labute approximate surface area is 92.2 Å². The number of hydrogen-bond acceptors (Lipinski definition) is 3. The SMILES string of the molecule is C[C@@H]1OCC[C@@H]1NCCSC(C)(C)C. The first-order valence-corrected chi connectivity index (χ1v) is 6.46. The number of ether oxygens (including phenoxy) is 1. The average molecular weight is 217 g/mol. The molecular weight excluding hydrogens is 194 g/mol. The third-order valence-corrected chi connectivity index (χ3v) is 3.69. The lowest BCUT2D eigenvalue weighted by atomic mass is 10.2. The van der Waals surface area contributed by atoms with Crippen LogP contribution in [0.3, 0.4) is 0 Å². The van der Waals surface area contributed by atoms with Gasteiger partial charge in [0.1, 0.15) is 0 Å². The van der Waals surface area contributed by atoms with Crippen LogP contribution in [-0.4, -0.2) is 35.8 Å². The molecule has 0 bridgehead atoms. The Balaban J connectivity index is 2.04. The van der Waals surface area contributed by atoms with Crippen molar-refractivity contribution in [3.63, 3.8) is 0 Å². The lowest BCUT2D eigenvalue weighted by Gasteiger charge is -2.20. The number of hydrogen-bond donors (Lipinski definition) is 1. The Morgan fingerprint density at radius 3 is 2.64 bits per heavy atom. The zero-order valence-corrected chi connectivity index (χ0v) is 10.6. The van der Waals surface area contributed by atoms with E-state index >= 15 is 0 Å². The predicted molar refractivity (Wildman–Crippen MR) is 64.0 cm³/mol. The minimum Gasteiger partial charge on any atom is -0.377 e. The Kier molecular flexibility index (Phi) is 4.74. The predicted octanol–water partition coefficient (Wildman–Crippen LogP) is 2.29. The molecule has 84 valence electrons. The van der Waals surface area contributed by atoms with Gasteiger partial charge in [-0.1, -0.05) is 20.8 Å². The average Bonchev–Trinajstić information content (AvgIpc) is 2.44. The Morgan fingerprint density at radius 2 is 2.14 bits per heavy atom. The summed E-state index contributed by atoms with van der Waals surface area (Å²) >= 11 is 2.01. The second kappa shape index (κ2) is 5.38. The van der Waals surface area contributed by atoms with Gasteiger partial charge in [0, 0.05) is 29.7 Å². The molecule has 1 aliphatic rings. The van der Waals surface area contributed by atoms with E-state index in [9.17, 15) is 0 Å². The van der Waals surface area contributed by atoms with Crippen LogP contribution in [-0.2, 0) is 4.74 Å². The summed E-state index contributed by atoms with van der Waals surface area (Å²) in [6, 6.07) is 0.579. The van der Waals surface area contributed by atoms with Crippen molar-refractivity contribution in [3.8, 4) is 0 Å². The van der Waals surface area contributed by atoms with Crippen LogP contribution in [0.4, 0.5) is 0 Å². The Hall–Kier alpha value is 0.270. The zero-order chi connectivity index (χ0) is 10.6. The van der Waals surface area contributed by atoms with Gasteiger partial charge in [-0.25, -0.2) is 0 Å². The molecule has 0 saturated carbocycles. The fraction of sp³-hybridized carbons (Fsp3) is 1.00. The monoisotopic (exact) mass is 217 g/mol. The van der Waals surface area contributed by atoms with E-state index < -0.39 is 0 Å². The smallest absolute Gasteiger partial charge is 0.0700 e. The third kappa shape index (κ3) is 4.67. The molecular formula is C11H23NOS. The van der Waals surface area contributed by atoms with Gasteiger partial charge in [-0.05, 0) is 13.3 Å². The molecule has 14 heavy (non-hydrogen) atoms. The van der Waals surface area contributed by atoms with Crippen molar-refractivity contribution in [2.45, 2.75) is 51.0 Å². The molecule has 1 N–H and O–H groups in total. The van der Waals surface area contributed by atoms with Gasteiger partial charge in [-0.15, -0.1) is 0 Å². The van der Waals surface area contributed by atoms with Crippen LogP contribution in [0.15, 0.2) is 0 Å². The van der Waals surface area contributed by atoms with Gasteiger partial charge >= 0.3 is 0 Å². The van der Waals surface area contributed by atoms with Gasteiger partial charge in [-0.2, -0.15) is 11.8 Å². The molecule has 1 heterocycles. The molecule has 3 heteroatoms. The van der Waals surface area contributed by atoms with Crippen molar-refractivity contribution in [3.05, 3.63) is 0 Å². The molecule has 2 atom stereocenters. The van der Waals surface area contributed by atoms with Crippen LogP contribution >= 0.6 is 11.8 Å². The van der Waals surface area contributed by atoms with Crippen LogP contribution < -0.4 is 5.32 Å². The molecule has 0 aromatic rings. The van der Waals surface area contributed by atoms with Crippen LogP contribution in [0, 0.1) is 0 Å². The summed E-state index contributed by atoms with van der Waals surface area (Å²) in [6.45, 7) is 11.0. The largest absolute Gasteiger partial charge is 0.377 e. The van der Waals surface area contributed by atoms with E-state index in [1.807, 2.05) is 11.8 Å². The van der Waals surface area contributed by atoms with E-state index in [0.717, 1.165) is 13.2 Å². The number of rotatable bonds is 4. The molecule has 0 unspecified atom stereocenters. The van der Waals surface area contributed by atoms with Crippen LogP contribution in [0.5, 0.6) is 0 Å². The van der Waals surface area contributed by atoms with Crippen molar-refractivity contribution in [1.82, 2.24) is 5.32 Å². The van der Waals surface area contributed by atoms with E-state index in [1.54, 1.807) is 0 Å². The summed E-state index contributed by atoms with van der Waals surface area (Å²) < 4.78 is 5.88. The maximum atomic E-state index is 5.49. The fourth-order valence-corrected chi connectivity index (χ4v) is 2.43. The summed E-state index contributed by atoms with van der Waals surface area (Å²) in [6.07, 6.45) is 1.57. The van der Waals surface area contributed by atoms with E-state index in [2.05, 4.69) is 33.0 Å². The highest BCUT2D eigenvalue weighted by Gasteiger charge is 2.23. The minimum absolute atomic E-state index is 0.388. The number of nitrogens with one attached hydrogen (secondary N) is 1. The maximum absolute atomic E-state index is 5.49. The quantitative estimate of drug-likeness (QED) is 0.730. The first-order chi connectivity index (χ1) is 6.49. The highest BCUT2D eigenvalue weighted by atomic mass is 32.2. The van der Waals surface area contributed by atoms with Gasteiger partial charge in [0.2, 0.25) is 0 Å². The molecule has 0 spiro atoms. The summed E-state index contributed by atoms with van der Waals surface area (Å²) in [5.41, 5.74) is 0. The molecule has 0 amide bonds. The van der Waals surface area contributed by atoms with Crippen molar-refractivity contribution >= 4 is 11.8 Å². The topological polar surface area (TPSA) is 21.3 Å². The van der Waals surface area contributed by atoms with Gasteiger partial charge in [0.25, 0.3) is 0 Å². The highest BCUT2D eigenvalue weighted by Crippen LogP contribution is 2.22. The molecule has 0 aromatic heterocycles. The van der Waals surface area contributed by atoms with Crippen LogP contribution in [0.1, 0.15) is 34.1 Å². The zero-order valence-electron chi connectivity index (χ0n) is 9.80. The molecule has 1 rings (SSSR count). The number of thioether (sulfide) groups is 1. The molecule has 1 fully saturated rings. The first-order valence-electron chi connectivity index (χ1n) is 5.48. The molecule has 0 aromatic carbocycles. The van der Waals surface area contributed by atoms with Gasteiger partial charge in [0.05, 0.1) is 6.10 Å². The lowest BCUT2D eigenvalue weighted by molar-refractivity contribution is 0.113. The third-order valence-electron chi connectivity index (χ3n) is 2.42. The minimum atomic E-state index is 0.388. The van der Waals surface area contributed by atoms with Crippen LogP contribution in [0.2, 0.25) is 0 Å². The van der Waals surface area contributed by atoms with Crippen molar-refractivity contribution in [2.24, 2.45) is 0 Å². The lowest BCUT2D eigenvalue weighted by Crippen LogP contribution is -2.36. The normalized spacial score (nSPS) is 28.3. The van der Waals surface area contributed by atoms with E-state index in [-0.39, 0.29) is 0 Å². The summed E-state index contributed by atoms with van der Waals surface area (Å²) in [5, 5.41) is 3.56. The highest BCUT2D eigenvalue weighted by molar-refractivity contribution is 8.00. The van der Waals surface area contributed by atoms with E-state index in [1.165, 1.54) is 12.2 Å². The van der Waals surface area contributed by atoms with Crippen LogP contribution in [0.25, 0.3) is 0 Å². The van der Waals surface area contributed by atoms with E-state index in [0.29, 0.717) is 16.9 Å². The summed E-state index contributed by atoms with van der Waals surface area (Å²) in [5.74, 6) is 1.19. The van der Waals surface area contributed by atoms with Crippen molar-refractivity contribution in [1.29, 1.82) is 0 Å². The molecule has 2 nitrogen and oxygen atoms in total. The molecule has 0 aliphatic carbocycles. The van der Waals surface area contributed by atoms with Crippen molar-refractivity contribution < 1.29 is 4.74 Å². The van der Waals surface area contributed by atoms with Gasteiger partial charge < -0.3 is 10.1 Å².